The molecule has 0 aliphatic carbocycles. The molecule has 0 fully saturated rings. The van der Waals surface area contributed by atoms with Crippen molar-refractivity contribution in [3.05, 3.63) is 52.0 Å². The van der Waals surface area contributed by atoms with Crippen molar-refractivity contribution in [2.45, 2.75) is 97.6 Å². The van der Waals surface area contributed by atoms with Gasteiger partial charge < -0.3 is 35.4 Å². The van der Waals surface area contributed by atoms with Gasteiger partial charge in [0.25, 0.3) is 5.91 Å². The first kappa shape index (κ1) is 48.4. The van der Waals surface area contributed by atoms with E-state index in [1.807, 2.05) is 58.0 Å². The molecule has 308 valence electrons. The van der Waals surface area contributed by atoms with Crippen LogP contribution in [0.15, 0.2) is 35.7 Å². The third kappa shape index (κ3) is 17.2. The highest BCUT2D eigenvalue weighted by Crippen LogP contribution is 2.31. The Bertz CT molecular complexity index is 1570. The van der Waals surface area contributed by atoms with Gasteiger partial charge in [-0.3, -0.25) is 24.0 Å². The molecule has 14 nitrogen and oxygen atoms in total. The average molecular weight is 802 g/mol. The molecule has 3 amide bonds. The largest absolute Gasteiger partial charge is 0.490 e. The predicted octanol–water partition coefficient (Wildman–Crippen LogP) is 4.80. The quantitative estimate of drug-likeness (QED) is 0.143. The Hall–Kier alpha value is -4.58. The average Bonchev–Trinajstić information content (AvgIpc) is 3.58. The molecular formula is C37H54F3N5O9S. The van der Waals surface area contributed by atoms with Crippen molar-refractivity contribution in [1.82, 2.24) is 25.4 Å². The van der Waals surface area contributed by atoms with Crippen LogP contribution in [0.3, 0.4) is 0 Å². The van der Waals surface area contributed by atoms with Gasteiger partial charge in [0.2, 0.25) is 11.8 Å². The summed E-state index contributed by atoms with van der Waals surface area (Å²) in [7, 11) is 5.26. The fourth-order valence-electron chi connectivity index (χ4n) is 5.49. The number of esters is 1. The molecule has 0 aliphatic heterocycles. The lowest BCUT2D eigenvalue weighted by molar-refractivity contribution is -0.192. The number of amides is 3. The van der Waals surface area contributed by atoms with E-state index in [4.69, 9.17) is 14.6 Å². The number of aliphatic carboxylic acids is 2. The lowest BCUT2D eigenvalue weighted by atomic mass is 9.93. The van der Waals surface area contributed by atoms with Crippen molar-refractivity contribution in [2.24, 2.45) is 17.8 Å². The molecule has 0 spiro atoms. The first-order valence-corrected chi connectivity index (χ1v) is 18.6. The number of benzene rings is 1. The van der Waals surface area contributed by atoms with Gasteiger partial charge in [0, 0.05) is 37.9 Å². The minimum absolute atomic E-state index is 0.0511. The van der Waals surface area contributed by atoms with Crippen LogP contribution in [-0.4, -0.2) is 113 Å². The fraction of sp³-hybridized carbons (Fsp3) is 0.595. The summed E-state index contributed by atoms with van der Waals surface area (Å²) in [4.78, 5) is 80.6. The highest BCUT2D eigenvalue weighted by atomic mass is 32.1. The van der Waals surface area contributed by atoms with Crippen molar-refractivity contribution in [2.75, 3.05) is 27.7 Å². The predicted molar refractivity (Wildman–Crippen MR) is 199 cm³/mol. The standard InChI is InChI=1S/C35H53N5O7S.C2HF3O2/c1-10-22(4)31(38-30(42)19-39(7)8)34(44)40(9)28(21(2)3)18-29(47-24(6)41)33-37-27(20-48-33)32(43)36-26(16-23(5)35(45)46)17-25-14-12-11-13-15-25;3-2(4,5)1(6)7/h11-15,20-23,26,28-29,31H,10,16-19H2,1-9H3,(H,36,43)(H,38,42)(H,45,46);(H,6,7)/t22-,23-,26+,28+,29+,31-;/m0./s1. The van der Waals surface area contributed by atoms with Crippen molar-refractivity contribution in [1.29, 1.82) is 0 Å². The first-order chi connectivity index (χ1) is 25.5. The zero-order valence-corrected chi connectivity index (χ0v) is 33.5. The van der Waals surface area contributed by atoms with E-state index in [1.54, 1.807) is 43.2 Å². The SMILES string of the molecule is CC[C@H](C)[C@H](NC(=O)CN(C)C)C(=O)N(C)[C@H](C[C@@H](OC(C)=O)c1nc(C(=O)N[C@@H](Cc2ccccc2)C[C@H](C)C(=O)O)cs1)C(C)C.O=C(O)C(F)(F)F. The third-order valence-corrected chi connectivity index (χ3v) is 9.56. The monoisotopic (exact) mass is 801 g/mol. The van der Waals surface area contributed by atoms with Gasteiger partial charge in [-0.15, -0.1) is 11.3 Å². The minimum atomic E-state index is -5.08. The third-order valence-electron chi connectivity index (χ3n) is 8.63. The zero-order valence-electron chi connectivity index (χ0n) is 32.7. The van der Waals surface area contributed by atoms with E-state index < -0.39 is 60.1 Å². The molecule has 18 heteroatoms. The van der Waals surface area contributed by atoms with Crippen LogP contribution in [-0.2, 0) is 35.1 Å². The number of nitrogens with zero attached hydrogens (tertiary/aromatic N) is 3. The Kier molecular flexibility index (Phi) is 20.0. The highest BCUT2D eigenvalue weighted by molar-refractivity contribution is 7.09. The summed E-state index contributed by atoms with van der Waals surface area (Å²) in [5, 5.41) is 24.5. The Labute approximate surface area is 323 Å². The molecule has 2 aromatic rings. The second kappa shape index (κ2) is 22.7. The Morgan fingerprint density at radius 3 is 2.00 bits per heavy atom. The number of alkyl halides is 3. The maximum atomic E-state index is 13.9. The van der Waals surface area contributed by atoms with Gasteiger partial charge in [-0.2, -0.15) is 13.2 Å². The number of thiazole rings is 1. The van der Waals surface area contributed by atoms with E-state index in [9.17, 15) is 42.3 Å². The summed E-state index contributed by atoms with van der Waals surface area (Å²) >= 11 is 1.17. The smallest absolute Gasteiger partial charge is 0.481 e. The molecule has 55 heavy (non-hydrogen) atoms. The summed E-state index contributed by atoms with van der Waals surface area (Å²) < 4.78 is 37.5. The van der Waals surface area contributed by atoms with E-state index >= 15 is 0 Å². The number of carboxylic acids is 2. The van der Waals surface area contributed by atoms with Crippen molar-refractivity contribution < 1.29 is 56.9 Å². The topological polar surface area (TPSA) is 196 Å². The summed E-state index contributed by atoms with van der Waals surface area (Å²) in [6, 6.07) is 7.92. The molecule has 2 rings (SSSR count). The number of halogens is 3. The second-order valence-corrected chi connectivity index (χ2v) is 14.9. The fourth-order valence-corrected chi connectivity index (χ4v) is 6.33. The van der Waals surface area contributed by atoms with E-state index in [0.29, 0.717) is 17.8 Å². The molecular weight excluding hydrogens is 747 g/mol. The van der Waals surface area contributed by atoms with Crippen LogP contribution in [0.2, 0.25) is 0 Å². The van der Waals surface area contributed by atoms with Gasteiger partial charge in [-0.1, -0.05) is 71.4 Å². The molecule has 0 saturated carbocycles. The van der Waals surface area contributed by atoms with E-state index in [1.165, 1.54) is 18.3 Å². The minimum Gasteiger partial charge on any atom is -0.481 e. The van der Waals surface area contributed by atoms with Crippen molar-refractivity contribution in [3.63, 3.8) is 0 Å². The van der Waals surface area contributed by atoms with E-state index in [-0.39, 0.29) is 48.7 Å². The van der Waals surface area contributed by atoms with Crippen LogP contribution in [0.5, 0.6) is 0 Å². The molecule has 4 N–H and O–H groups in total. The van der Waals surface area contributed by atoms with Gasteiger partial charge in [0.05, 0.1) is 12.5 Å². The molecule has 0 radical (unpaired) electrons. The van der Waals surface area contributed by atoms with Gasteiger partial charge >= 0.3 is 24.1 Å². The van der Waals surface area contributed by atoms with E-state index in [0.717, 1.165) is 5.56 Å². The Morgan fingerprint density at radius 2 is 1.53 bits per heavy atom. The number of nitrogens with one attached hydrogen (secondary N) is 2. The molecule has 6 atom stereocenters. The van der Waals surface area contributed by atoms with Crippen molar-refractivity contribution in [3.8, 4) is 0 Å². The van der Waals surface area contributed by atoms with Gasteiger partial charge in [-0.05, 0) is 44.3 Å². The molecule has 0 aliphatic rings. The number of rotatable bonds is 19. The van der Waals surface area contributed by atoms with Gasteiger partial charge in [0.1, 0.15) is 16.7 Å². The highest BCUT2D eigenvalue weighted by Gasteiger charge is 2.38. The normalized spacial score (nSPS) is 14.7. The van der Waals surface area contributed by atoms with Crippen molar-refractivity contribution >= 4 is 47.0 Å². The van der Waals surface area contributed by atoms with Crippen LogP contribution in [0.4, 0.5) is 13.2 Å². The lowest BCUT2D eigenvalue weighted by Gasteiger charge is -2.37. The maximum Gasteiger partial charge on any atom is 0.490 e. The molecule has 1 heterocycles. The summed E-state index contributed by atoms with van der Waals surface area (Å²) in [5.41, 5.74) is 1.08. The van der Waals surface area contributed by atoms with Crippen LogP contribution in [0.1, 0.15) is 88.0 Å². The number of carbonyl (C=O) groups is 6. The lowest BCUT2D eigenvalue weighted by Crippen LogP contribution is -2.55. The number of ether oxygens (including phenoxy) is 1. The molecule has 0 saturated heterocycles. The molecule has 0 bridgehead atoms. The maximum absolute atomic E-state index is 13.9. The molecule has 0 unspecified atom stereocenters. The van der Waals surface area contributed by atoms with E-state index in [2.05, 4.69) is 15.6 Å². The Balaban J connectivity index is 0.00000196. The van der Waals surface area contributed by atoms with Gasteiger partial charge in [-0.25, -0.2) is 9.78 Å². The summed E-state index contributed by atoms with van der Waals surface area (Å²) in [6.45, 7) is 10.9. The Morgan fingerprint density at radius 1 is 0.945 bits per heavy atom. The first-order valence-electron chi connectivity index (χ1n) is 17.7. The number of aromatic nitrogens is 1. The zero-order chi connectivity index (χ0) is 42.2. The summed E-state index contributed by atoms with van der Waals surface area (Å²) in [5.74, 6) is -6.03. The van der Waals surface area contributed by atoms with Crippen LogP contribution < -0.4 is 10.6 Å². The number of hydrogen-bond donors (Lipinski definition) is 4. The number of carboxylic acid groups (broad SMARTS) is 2. The number of carbonyl (C=O) groups excluding carboxylic acids is 4. The van der Waals surface area contributed by atoms with Gasteiger partial charge in [0.15, 0.2) is 6.10 Å². The number of hydrogen-bond acceptors (Lipinski definition) is 10. The summed E-state index contributed by atoms with van der Waals surface area (Å²) in [6.07, 6.45) is -4.34. The second-order valence-electron chi connectivity index (χ2n) is 14.0. The van der Waals surface area contributed by atoms with Crippen LogP contribution in [0.25, 0.3) is 0 Å². The molecule has 1 aromatic carbocycles. The van der Waals surface area contributed by atoms with Crippen LogP contribution in [0, 0.1) is 17.8 Å². The number of likely N-dealkylation sites (N-methyl/N-ethyl adjacent to an activating group) is 2. The molecule has 1 aromatic heterocycles. The van der Waals surface area contributed by atoms with Crippen LogP contribution >= 0.6 is 11.3 Å².